The van der Waals surface area contributed by atoms with Crippen molar-refractivity contribution in [3.63, 3.8) is 0 Å². The first kappa shape index (κ1) is 15.3. The first-order valence-electron chi connectivity index (χ1n) is 7.27. The van der Waals surface area contributed by atoms with Gasteiger partial charge in [-0.1, -0.05) is 54.6 Å². The van der Waals surface area contributed by atoms with E-state index in [1.165, 1.54) is 5.56 Å². The first-order chi connectivity index (χ1) is 10.3. The Balaban J connectivity index is 1.67. The van der Waals surface area contributed by atoms with Crippen molar-refractivity contribution in [1.82, 2.24) is 5.32 Å². The monoisotopic (exact) mass is 283 g/mol. The second kappa shape index (κ2) is 8.22. The number of carbonyl (C=O) groups is 1. The van der Waals surface area contributed by atoms with Crippen LogP contribution in [0.3, 0.4) is 0 Å². The van der Waals surface area contributed by atoms with Gasteiger partial charge in [-0.15, -0.1) is 0 Å². The summed E-state index contributed by atoms with van der Waals surface area (Å²) in [6, 6.07) is 17.8. The van der Waals surface area contributed by atoms with Crippen LogP contribution in [0.25, 0.3) is 0 Å². The fraction of sp³-hybridized carbons (Fsp3) is 0.278. The van der Waals surface area contributed by atoms with E-state index in [1.54, 1.807) is 0 Å². The van der Waals surface area contributed by atoms with Crippen molar-refractivity contribution in [3.8, 4) is 0 Å². The molecule has 110 valence electrons. The molecule has 3 heteroatoms. The van der Waals surface area contributed by atoms with E-state index in [4.69, 9.17) is 5.11 Å². The Morgan fingerprint density at radius 3 is 2.24 bits per heavy atom. The Hall–Kier alpha value is -2.13. The van der Waals surface area contributed by atoms with Gasteiger partial charge in [0.1, 0.15) is 0 Å². The van der Waals surface area contributed by atoms with Crippen molar-refractivity contribution in [3.05, 3.63) is 71.3 Å². The van der Waals surface area contributed by atoms with E-state index in [0.717, 1.165) is 24.0 Å². The summed E-state index contributed by atoms with van der Waals surface area (Å²) in [5.41, 5.74) is 3.20. The fourth-order valence-electron chi connectivity index (χ4n) is 2.15. The van der Waals surface area contributed by atoms with Crippen LogP contribution >= 0.6 is 0 Å². The molecule has 0 aromatic heterocycles. The number of carbonyl (C=O) groups excluding carboxylic acids is 1. The zero-order chi connectivity index (χ0) is 14.9. The van der Waals surface area contributed by atoms with Gasteiger partial charge in [-0.25, -0.2) is 0 Å². The minimum atomic E-state index is 0.0477. The number of aliphatic hydroxyl groups is 1. The maximum absolute atomic E-state index is 11.8. The lowest BCUT2D eigenvalue weighted by Crippen LogP contribution is -2.22. The van der Waals surface area contributed by atoms with Crippen molar-refractivity contribution in [2.24, 2.45) is 0 Å². The van der Waals surface area contributed by atoms with Crippen molar-refractivity contribution >= 4 is 5.91 Å². The molecule has 3 nitrogen and oxygen atoms in total. The molecule has 2 N–H and O–H groups in total. The summed E-state index contributed by atoms with van der Waals surface area (Å²) in [4.78, 5) is 11.8. The number of aliphatic hydroxyl groups excluding tert-OH is 1. The van der Waals surface area contributed by atoms with Gasteiger partial charge in [-0.05, 0) is 29.5 Å². The number of amides is 1. The Bertz CT molecular complexity index is 549. The van der Waals surface area contributed by atoms with Crippen LogP contribution in [0.2, 0.25) is 0 Å². The van der Waals surface area contributed by atoms with Crippen molar-refractivity contribution in [2.75, 3.05) is 0 Å². The normalized spacial score (nSPS) is 10.3. The quantitative estimate of drug-likeness (QED) is 0.821. The average molecular weight is 283 g/mol. The van der Waals surface area contributed by atoms with E-state index in [1.807, 2.05) is 42.5 Å². The minimum Gasteiger partial charge on any atom is -0.392 e. The molecule has 0 saturated carbocycles. The van der Waals surface area contributed by atoms with Crippen LogP contribution in [0.4, 0.5) is 0 Å². The smallest absolute Gasteiger partial charge is 0.220 e. The third-order valence-corrected chi connectivity index (χ3v) is 3.41. The van der Waals surface area contributed by atoms with Crippen LogP contribution in [0.5, 0.6) is 0 Å². The zero-order valence-corrected chi connectivity index (χ0v) is 12.1. The molecule has 0 heterocycles. The van der Waals surface area contributed by atoms with Gasteiger partial charge in [0.2, 0.25) is 5.91 Å². The van der Waals surface area contributed by atoms with E-state index in [-0.39, 0.29) is 12.5 Å². The number of nitrogens with one attached hydrogen (secondary N) is 1. The molecule has 2 rings (SSSR count). The number of rotatable bonds is 7. The molecule has 0 aliphatic heterocycles. The minimum absolute atomic E-state index is 0.0477. The lowest BCUT2D eigenvalue weighted by molar-refractivity contribution is -0.121. The molecule has 0 saturated heterocycles. The molecule has 2 aromatic rings. The number of benzene rings is 2. The van der Waals surface area contributed by atoms with Gasteiger partial charge in [0.25, 0.3) is 0 Å². The topological polar surface area (TPSA) is 49.3 Å². The van der Waals surface area contributed by atoms with Crippen LogP contribution in [-0.4, -0.2) is 11.0 Å². The lowest BCUT2D eigenvalue weighted by atomic mass is 10.1. The molecule has 21 heavy (non-hydrogen) atoms. The molecule has 0 bridgehead atoms. The summed E-state index contributed by atoms with van der Waals surface area (Å²) in [5.74, 6) is 0.0807. The third kappa shape index (κ3) is 5.40. The second-order valence-corrected chi connectivity index (χ2v) is 5.09. The van der Waals surface area contributed by atoms with Crippen molar-refractivity contribution in [2.45, 2.75) is 32.4 Å². The first-order valence-corrected chi connectivity index (χ1v) is 7.27. The highest BCUT2D eigenvalue weighted by molar-refractivity contribution is 5.75. The highest BCUT2D eigenvalue weighted by Gasteiger charge is 2.02. The Kier molecular flexibility index (Phi) is 5.98. The maximum atomic E-state index is 11.8. The molecular formula is C18H21NO2. The molecule has 2 aromatic carbocycles. The third-order valence-electron chi connectivity index (χ3n) is 3.41. The molecule has 1 amide bonds. The molecule has 0 aliphatic carbocycles. The molecule has 0 aliphatic rings. The van der Waals surface area contributed by atoms with Crippen LogP contribution < -0.4 is 5.32 Å². The summed E-state index contributed by atoms with van der Waals surface area (Å²) in [5, 5.41) is 11.9. The number of aryl methyl sites for hydroxylation is 1. The largest absolute Gasteiger partial charge is 0.392 e. The van der Waals surface area contributed by atoms with Gasteiger partial charge in [-0.3, -0.25) is 4.79 Å². The van der Waals surface area contributed by atoms with Gasteiger partial charge in [0.15, 0.2) is 0 Å². The zero-order valence-electron chi connectivity index (χ0n) is 12.1. The highest BCUT2D eigenvalue weighted by Crippen LogP contribution is 2.06. The molecule has 0 fully saturated rings. The Morgan fingerprint density at radius 1 is 0.905 bits per heavy atom. The van der Waals surface area contributed by atoms with Gasteiger partial charge in [0.05, 0.1) is 6.61 Å². The van der Waals surface area contributed by atoms with Crippen molar-refractivity contribution < 1.29 is 9.90 Å². The van der Waals surface area contributed by atoms with Crippen LogP contribution in [0, 0.1) is 0 Å². The molecular weight excluding hydrogens is 262 g/mol. The summed E-state index contributed by atoms with van der Waals surface area (Å²) in [7, 11) is 0. The summed E-state index contributed by atoms with van der Waals surface area (Å²) >= 11 is 0. The van der Waals surface area contributed by atoms with Crippen LogP contribution in [0.1, 0.15) is 29.5 Å². The maximum Gasteiger partial charge on any atom is 0.220 e. The van der Waals surface area contributed by atoms with Gasteiger partial charge < -0.3 is 10.4 Å². The van der Waals surface area contributed by atoms with E-state index in [2.05, 4.69) is 17.4 Å². The lowest BCUT2D eigenvalue weighted by Gasteiger charge is -2.06. The summed E-state index contributed by atoms with van der Waals surface area (Å²) in [6.45, 7) is 0.585. The Labute approximate surface area is 125 Å². The van der Waals surface area contributed by atoms with E-state index in [9.17, 15) is 4.79 Å². The number of hydrogen-bond acceptors (Lipinski definition) is 2. The second-order valence-electron chi connectivity index (χ2n) is 5.09. The number of hydrogen-bond donors (Lipinski definition) is 2. The van der Waals surface area contributed by atoms with Crippen LogP contribution in [0.15, 0.2) is 54.6 Å². The molecule has 0 unspecified atom stereocenters. The van der Waals surface area contributed by atoms with E-state index in [0.29, 0.717) is 13.0 Å². The standard InChI is InChI=1S/C18H21NO2/c20-14-17-11-9-16(10-12-17)13-19-18(21)8-4-7-15-5-2-1-3-6-15/h1-3,5-6,9-12,20H,4,7-8,13-14H2,(H,19,21). The predicted molar refractivity (Wildman–Crippen MR) is 83.6 cm³/mol. The average Bonchev–Trinajstić information content (AvgIpc) is 2.54. The summed E-state index contributed by atoms with van der Waals surface area (Å²) in [6.07, 6.45) is 2.34. The van der Waals surface area contributed by atoms with Gasteiger partial charge >= 0.3 is 0 Å². The van der Waals surface area contributed by atoms with E-state index < -0.39 is 0 Å². The van der Waals surface area contributed by atoms with E-state index >= 15 is 0 Å². The van der Waals surface area contributed by atoms with Crippen molar-refractivity contribution in [1.29, 1.82) is 0 Å². The molecule has 0 radical (unpaired) electrons. The SMILES string of the molecule is O=C(CCCc1ccccc1)NCc1ccc(CO)cc1. The molecule has 0 spiro atoms. The summed E-state index contributed by atoms with van der Waals surface area (Å²) < 4.78 is 0. The van der Waals surface area contributed by atoms with Gasteiger partial charge in [0, 0.05) is 13.0 Å². The molecule has 0 atom stereocenters. The van der Waals surface area contributed by atoms with Crippen LogP contribution in [-0.2, 0) is 24.4 Å². The highest BCUT2D eigenvalue weighted by atomic mass is 16.3. The predicted octanol–water partition coefficient (Wildman–Crippen LogP) is 2.82. The fourth-order valence-corrected chi connectivity index (χ4v) is 2.15. The Morgan fingerprint density at radius 2 is 1.57 bits per heavy atom. The van der Waals surface area contributed by atoms with Gasteiger partial charge in [-0.2, -0.15) is 0 Å².